The smallest absolute Gasteiger partial charge is 0.0885 e. The molecule has 2 rings (SSSR count). The highest BCUT2D eigenvalue weighted by Gasteiger charge is 2.19. The summed E-state index contributed by atoms with van der Waals surface area (Å²) in [5, 5.41) is 11.9. The molecule has 0 aromatic carbocycles. The second-order valence-electron chi connectivity index (χ2n) is 3.82. The van der Waals surface area contributed by atoms with Gasteiger partial charge < -0.3 is 5.32 Å². The quantitative estimate of drug-likeness (QED) is 0.788. The molecule has 1 aromatic rings. The van der Waals surface area contributed by atoms with Crippen LogP contribution in [-0.2, 0) is 13.0 Å². The number of hydrogen-bond acceptors (Lipinski definition) is 3. The lowest BCUT2D eigenvalue weighted by atomic mass is 10.1. The maximum absolute atomic E-state index is 4.27. The summed E-state index contributed by atoms with van der Waals surface area (Å²) in [6.07, 6.45) is 3.29. The molecular formula is C10H18N4. The van der Waals surface area contributed by atoms with Crippen LogP contribution in [0.3, 0.4) is 0 Å². The van der Waals surface area contributed by atoms with Crippen molar-refractivity contribution in [3.8, 4) is 0 Å². The predicted molar refractivity (Wildman–Crippen MR) is 55.1 cm³/mol. The molecule has 1 N–H and O–H groups in total. The van der Waals surface area contributed by atoms with E-state index in [4.69, 9.17) is 0 Å². The average Bonchev–Trinajstić information content (AvgIpc) is 2.65. The molecule has 0 spiro atoms. The molecule has 1 aromatic heterocycles. The molecule has 0 amide bonds. The van der Waals surface area contributed by atoms with Crippen molar-refractivity contribution in [3.63, 3.8) is 0 Å². The highest BCUT2D eigenvalue weighted by molar-refractivity contribution is 5.14. The third-order valence-electron chi connectivity index (χ3n) is 2.99. The minimum atomic E-state index is 0.520. The van der Waals surface area contributed by atoms with Crippen LogP contribution >= 0.6 is 0 Å². The number of nitrogens with zero attached hydrogens (tertiary/aromatic N) is 3. The lowest BCUT2D eigenvalue weighted by Gasteiger charge is -2.18. The van der Waals surface area contributed by atoms with E-state index < -0.39 is 0 Å². The topological polar surface area (TPSA) is 42.7 Å². The van der Waals surface area contributed by atoms with Crippen molar-refractivity contribution in [2.24, 2.45) is 0 Å². The Hall–Kier alpha value is -0.900. The molecule has 14 heavy (non-hydrogen) atoms. The van der Waals surface area contributed by atoms with Gasteiger partial charge in [-0.15, -0.1) is 5.10 Å². The highest BCUT2D eigenvalue weighted by Crippen LogP contribution is 2.19. The Kier molecular flexibility index (Phi) is 2.82. The van der Waals surface area contributed by atoms with Crippen molar-refractivity contribution < 1.29 is 0 Å². The first-order chi connectivity index (χ1) is 6.86. The monoisotopic (exact) mass is 194 g/mol. The van der Waals surface area contributed by atoms with Crippen molar-refractivity contribution in [3.05, 3.63) is 11.4 Å². The van der Waals surface area contributed by atoms with E-state index in [9.17, 15) is 0 Å². The first kappa shape index (κ1) is 9.65. The molecule has 0 radical (unpaired) electrons. The second kappa shape index (κ2) is 4.09. The van der Waals surface area contributed by atoms with E-state index in [0.717, 1.165) is 32.4 Å². The molecule has 78 valence electrons. The number of hydrogen-bond donors (Lipinski definition) is 1. The molecule has 0 unspecified atom stereocenters. The van der Waals surface area contributed by atoms with Gasteiger partial charge in [-0.25, -0.2) is 4.68 Å². The van der Waals surface area contributed by atoms with Gasteiger partial charge in [0.2, 0.25) is 0 Å². The van der Waals surface area contributed by atoms with E-state index in [1.54, 1.807) is 0 Å². The Bertz CT molecular complexity index is 301. The lowest BCUT2D eigenvalue weighted by Crippen LogP contribution is -2.26. The van der Waals surface area contributed by atoms with Crippen molar-refractivity contribution in [1.82, 2.24) is 20.3 Å². The molecule has 1 aliphatic heterocycles. The number of aromatic nitrogens is 3. The SMILES string of the molecule is CCC(CC)n1nnc2c1CNCC2. The zero-order valence-electron chi connectivity index (χ0n) is 8.95. The Morgan fingerprint density at radius 3 is 2.93 bits per heavy atom. The van der Waals surface area contributed by atoms with Crippen LogP contribution in [0, 0.1) is 0 Å². The van der Waals surface area contributed by atoms with E-state index in [1.807, 2.05) is 0 Å². The van der Waals surface area contributed by atoms with Crippen LogP contribution in [0.1, 0.15) is 44.1 Å². The second-order valence-corrected chi connectivity index (χ2v) is 3.82. The first-order valence-electron chi connectivity index (χ1n) is 5.50. The van der Waals surface area contributed by atoms with Crippen LogP contribution in [0.2, 0.25) is 0 Å². The summed E-state index contributed by atoms with van der Waals surface area (Å²) in [5.74, 6) is 0. The summed E-state index contributed by atoms with van der Waals surface area (Å²) in [5.41, 5.74) is 2.49. The summed E-state index contributed by atoms with van der Waals surface area (Å²) < 4.78 is 2.11. The molecular weight excluding hydrogens is 176 g/mol. The number of rotatable bonds is 3. The van der Waals surface area contributed by atoms with Gasteiger partial charge in [-0.3, -0.25) is 0 Å². The molecule has 0 saturated carbocycles. The van der Waals surface area contributed by atoms with Gasteiger partial charge in [0, 0.05) is 19.5 Å². The Morgan fingerprint density at radius 2 is 2.21 bits per heavy atom. The van der Waals surface area contributed by atoms with Crippen LogP contribution in [0.4, 0.5) is 0 Å². The molecule has 0 atom stereocenters. The highest BCUT2D eigenvalue weighted by atomic mass is 15.4. The Morgan fingerprint density at radius 1 is 1.43 bits per heavy atom. The molecule has 0 saturated heterocycles. The fraction of sp³-hybridized carbons (Fsp3) is 0.800. The van der Waals surface area contributed by atoms with E-state index in [2.05, 4.69) is 34.2 Å². The van der Waals surface area contributed by atoms with Gasteiger partial charge in [0.1, 0.15) is 0 Å². The maximum Gasteiger partial charge on any atom is 0.0885 e. The van der Waals surface area contributed by atoms with Gasteiger partial charge >= 0.3 is 0 Å². The molecule has 4 heteroatoms. The molecule has 2 heterocycles. The van der Waals surface area contributed by atoms with Crippen LogP contribution in [0.25, 0.3) is 0 Å². The van der Waals surface area contributed by atoms with E-state index in [0.29, 0.717) is 6.04 Å². The Labute approximate surface area is 84.7 Å². The van der Waals surface area contributed by atoms with Gasteiger partial charge in [0.15, 0.2) is 0 Å². The van der Waals surface area contributed by atoms with Crippen molar-refractivity contribution in [1.29, 1.82) is 0 Å². The molecule has 0 bridgehead atoms. The summed E-state index contributed by atoms with van der Waals surface area (Å²) in [4.78, 5) is 0. The average molecular weight is 194 g/mol. The van der Waals surface area contributed by atoms with Gasteiger partial charge in [-0.2, -0.15) is 0 Å². The maximum atomic E-state index is 4.27. The van der Waals surface area contributed by atoms with Crippen molar-refractivity contribution >= 4 is 0 Å². The van der Waals surface area contributed by atoms with Crippen LogP contribution in [0.15, 0.2) is 0 Å². The number of nitrogens with one attached hydrogen (secondary N) is 1. The van der Waals surface area contributed by atoms with Gasteiger partial charge in [0.25, 0.3) is 0 Å². The molecule has 1 aliphatic rings. The fourth-order valence-electron chi connectivity index (χ4n) is 2.06. The zero-order valence-corrected chi connectivity index (χ0v) is 8.95. The van der Waals surface area contributed by atoms with Gasteiger partial charge in [-0.1, -0.05) is 19.1 Å². The third kappa shape index (κ3) is 1.54. The number of fused-ring (bicyclic) bond motifs is 1. The standard InChI is InChI=1S/C10H18N4/c1-3-8(4-2)14-10-7-11-6-5-9(10)12-13-14/h8,11H,3-7H2,1-2H3. The van der Waals surface area contributed by atoms with E-state index in [1.165, 1.54) is 11.4 Å². The summed E-state index contributed by atoms with van der Waals surface area (Å²) in [6, 6.07) is 0.520. The predicted octanol–water partition coefficient (Wildman–Crippen LogP) is 1.28. The third-order valence-corrected chi connectivity index (χ3v) is 2.99. The molecule has 4 nitrogen and oxygen atoms in total. The minimum absolute atomic E-state index is 0.520. The van der Waals surface area contributed by atoms with Gasteiger partial charge in [-0.05, 0) is 12.8 Å². The summed E-state index contributed by atoms with van der Waals surface area (Å²) in [7, 11) is 0. The van der Waals surface area contributed by atoms with E-state index >= 15 is 0 Å². The van der Waals surface area contributed by atoms with Crippen molar-refractivity contribution in [2.45, 2.75) is 45.7 Å². The van der Waals surface area contributed by atoms with Crippen LogP contribution < -0.4 is 5.32 Å². The van der Waals surface area contributed by atoms with Crippen LogP contribution in [-0.4, -0.2) is 21.5 Å². The minimum Gasteiger partial charge on any atom is -0.311 e. The normalized spacial score (nSPS) is 15.9. The van der Waals surface area contributed by atoms with Crippen molar-refractivity contribution in [2.75, 3.05) is 6.54 Å². The fourth-order valence-corrected chi connectivity index (χ4v) is 2.06. The Balaban J connectivity index is 2.29. The van der Waals surface area contributed by atoms with Crippen LogP contribution in [0.5, 0.6) is 0 Å². The molecule has 0 fully saturated rings. The summed E-state index contributed by atoms with van der Waals surface area (Å²) >= 11 is 0. The largest absolute Gasteiger partial charge is 0.311 e. The van der Waals surface area contributed by atoms with Gasteiger partial charge in [0.05, 0.1) is 17.4 Å². The van der Waals surface area contributed by atoms with E-state index in [-0.39, 0.29) is 0 Å². The molecule has 0 aliphatic carbocycles. The summed E-state index contributed by atoms with van der Waals surface area (Å²) in [6.45, 7) is 6.38. The first-order valence-corrected chi connectivity index (χ1v) is 5.50. The zero-order chi connectivity index (χ0) is 9.97. The lowest BCUT2D eigenvalue weighted by molar-refractivity contribution is 0.398.